The van der Waals surface area contributed by atoms with E-state index in [1.165, 1.54) is 0 Å². The van der Waals surface area contributed by atoms with Gasteiger partial charge in [0.1, 0.15) is 6.04 Å². The van der Waals surface area contributed by atoms with Crippen molar-refractivity contribution in [2.45, 2.75) is 56.8 Å². The number of carbonyl (C=O) groups excluding carboxylic acids is 2. The van der Waals surface area contributed by atoms with Crippen LogP contribution in [0.15, 0.2) is 18.2 Å². The number of nitrogens with two attached hydrogens (primary N) is 1. The van der Waals surface area contributed by atoms with Crippen LogP contribution in [0.5, 0.6) is 0 Å². The van der Waals surface area contributed by atoms with Crippen LogP contribution >= 0.6 is 23.2 Å². The number of hydrogen-bond acceptors (Lipinski definition) is 5. The van der Waals surface area contributed by atoms with Crippen molar-refractivity contribution >= 4 is 34.9 Å². The fraction of sp³-hybridized carbons (Fsp3) is 0.600. The van der Waals surface area contributed by atoms with Crippen molar-refractivity contribution in [3.05, 3.63) is 33.8 Å². The summed E-state index contributed by atoms with van der Waals surface area (Å²) in [7, 11) is 0. The van der Waals surface area contributed by atoms with Gasteiger partial charge in [0.25, 0.3) is 0 Å². The van der Waals surface area contributed by atoms with E-state index in [1.54, 1.807) is 17.0 Å². The molecule has 0 aliphatic carbocycles. The number of carbonyl (C=O) groups is 2. The molecule has 2 aliphatic heterocycles. The van der Waals surface area contributed by atoms with Crippen LogP contribution < -0.4 is 5.73 Å². The molecule has 2 aliphatic rings. The van der Waals surface area contributed by atoms with Gasteiger partial charge in [0.05, 0.1) is 22.7 Å². The quantitative estimate of drug-likeness (QED) is 0.723. The highest BCUT2D eigenvalue weighted by molar-refractivity contribution is 6.42. The Hall–Kier alpha value is -1.18. The second kappa shape index (κ2) is 9.09. The Morgan fingerprint density at radius 2 is 2.11 bits per heavy atom. The second-order valence-electron chi connectivity index (χ2n) is 7.79. The summed E-state index contributed by atoms with van der Waals surface area (Å²) in [6.07, 6.45) is 2.04. The summed E-state index contributed by atoms with van der Waals surface area (Å²) in [6, 6.07) is 4.33. The number of amides is 1. The molecule has 0 aromatic heterocycles. The maximum atomic E-state index is 13.1. The zero-order valence-corrected chi connectivity index (χ0v) is 17.5. The number of Topliss-reactive ketones (excluding diaryl/α,β-unsaturated/α-hetero) is 1. The average molecular weight is 428 g/mol. The van der Waals surface area contributed by atoms with Gasteiger partial charge in [-0.1, -0.05) is 29.3 Å². The lowest BCUT2D eigenvalue weighted by Gasteiger charge is -2.31. The van der Waals surface area contributed by atoms with Crippen LogP contribution in [0.4, 0.5) is 0 Å². The highest BCUT2D eigenvalue weighted by atomic mass is 35.5. The summed E-state index contributed by atoms with van der Waals surface area (Å²) < 4.78 is 0. The maximum absolute atomic E-state index is 13.1. The molecule has 1 unspecified atom stereocenters. The molecule has 6 nitrogen and oxygen atoms in total. The van der Waals surface area contributed by atoms with Gasteiger partial charge in [-0.15, -0.1) is 0 Å². The van der Waals surface area contributed by atoms with Crippen LogP contribution in [0.3, 0.4) is 0 Å². The third-order valence-corrected chi connectivity index (χ3v) is 6.60. The van der Waals surface area contributed by atoms with Crippen molar-refractivity contribution in [3.8, 4) is 0 Å². The Morgan fingerprint density at radius 3 is 2.79 bits per heavy atom. The van der Waals surface area contributed by atoms with Crippen LogP contribution in [-0.4, -0.2) is 70.5 Å². The summed E-state index contributed by atoms with van der Waals surface area (Å²) in [5.74, 6) is -0.246. The number of rotatable bonds is 6. The molecule has 1 amide bonds. The van der Waals surface area contributed by atoms with Gasteiger partial charge in [-0.25, -0.2) is 0 Å². The van der Waals surface area contributed by atoms with Gasteiger partial charge in [0.15, 0.2) is 5.78 Å². The van der Waals surface area contributed by atoms with Crippen molar-refractivity contribution in [1.29, 1.82) is 0 Å². The molecule has 0 radical (unpaired) electrons. The Morgan fingerprint density at radius 1 is 1.36 bits per heavy atom. The normalized spacial score (nSPS) is 26.8. The van der Waals surface area contributed by atoms with Gasteiger partial charge < -0.3 is 15.7 Å². The lowest BCUT2D eigenvalue weighted by atomic mass is 10.0. The minimum atomic E-state index is -0.820. The lowest BCUT2D eigenvalue weighted by Crippen LogP contribution is -2.52. The number of nitrogens with zero attached hydrogens (tertiary/aromatic N) is 2. The first-order valence-electron chi connectivity index (χ1n) is 9.71. The van der Waals surface area contributed by atoms with Gasteiger partial charge in [0, 0.05) is 31.6 Å². The topological polar surface area (TPSA) is 86.9 Å². The first-order chi connectivity index (χ1) is 13.3. The molecule has 0 bridgehead atoms. The van der Waals surface area contributed by atoms with Gasteiger partial charge >= 0.3 is 0 Å². The molecule has 4 atom stereocenters. The third kappa shape index (κ3) is 4.52. The largest absolute Gasteiger partial charge is 0.394 e. The van der Waals surface area contributed by atoms with Crippen LogP contribution in [0.1, 0.15) is 31.7 Å². The van der Waals surface area contributed by atoms with E-state index >= 15 is 0 Å². The van der Waals surface area contributed by atoms with E-state index in [-0.39, 0.29) is 42.8 Å². The molecule has 8 heteroatoms. The number of halogens is 2. The molecule has 2 heterocycles. The summed E-state index contributed by atoms with van der Waals surface area (Å²) >= 11 is 12.0. The van der Waals surface area contributed by atoms with Gasteiger partial charge in [-0.3, -0.25) is 14.5 Å². The molecule has 28 heavy (non-hydrogen) atoms. The molecular weight excluding hydrogens is 401 g/mol. The summed E-state index contributed by atoms with van der Waals surface area (Å²) in [4.78, 5) is 29.7. The molecule has 1 aromatic rings. The van der Waals surface area contributed by atoms with Crippen molar-refractivity contribution < 1.29 is 14.7 Å². The minimum Gasteiger partial charge on any atom is -0.394 e. The predicted molar refractivity (Wildman–Crippen MR) is 110 cm³/mol. The van der Waals surface area contributed by atoms with Gasteiger partial charge in [-0.2, -0.15) is 0 Å². The molecule has 2 saturated heterocycles. The van der Waals surface area contributed by atoms with Crippen molar-refractivity contribution in [1.82, 2.24) is 9.80 Å². The number of ketones is 1. The zero-order chi connectivity index (χ0) is 20.4. The molecule has 2 fully saturated rings. The van der Waals surface area contributed by atoms with E-state index < -0.39 is 6.04 Å². The molecule has 3 N–H and O–H groups in total. The van der Waals surface area contributed by atoms with E-state index in [1.807, 2.05) is 6.07 Å². The average Bonchev–Trinajstić information content (AvgIpc) is 3.02. The Labute approximate surface area is 175 Å². The number of aliphatic hydroxyl groups is 1. The second-order valence-corrected chi connectivity index (χ2v) is 8.61. The highest BCUT2D eigenvalue weighted by Gasteiger charge is 2.44. The molecule has 0 spiro atoms. The minimum absolute atomic E-state index is 0.0331. The SMILES string of the molecule is CC1CCN([C@H](CO)C(=O)CCc2ccc(Cl)c(Cl)c2)C(=O)[C@@H]2C[C@@H](N)CN12. The van der Waals surface area contributed by atoms with Crippen LogP contribution in [0.25, 0.3) is 0 Å². The summed E-state index contributed by atoms with van der Waals surface area (Å²) in [6.45, 7) is 2.87. The lowest BCUT2D eigenvalue weighted by molar-refractivity contribution is -0.143. The zero-order valence-electron chi connectivity index (χ0n) is 16.0. The van der Waals surface area contributed by atoms with Crippen molar-refractivity contribution in [2.24, 2.45) is 5.73 Å². The standard InChI is InChI=1S/C20H27Cl2N3O3/c1-12-6-7-24(20(28)17-9-14(23)10-25(12)17)18(11-26)19(27)5-3-13-2-4-15(21)16(22)8-13/h2,4,8,12,14,17-18,26H,3,5-7,9-11,23H2,1H3/t12?,14-,17+,18-/m1/s1. The van der Waals surface area contributed by atoms with Crippen LogP contribution in [0.2, 0.25) is 10.0 Å². The van der Waals surface area contributed by atoms with Gasteiger partial charge in [0.2, 0.25) is 5.91 Å². The first kappa shape index (κ1) is 21.5. The van der Waals surface area contributed by atoms with E-state index in [0.29, 0.717) is 36.0 Å². The van der Waals surface area contributed by atoms with E-state index in [2.05, 4.69) is 11.8 Å². The fourth-order valence-corrected chi connectivity index (χ4v) is 4.55. The van der Waals surface area contributed by atoms with E-state index in [4.69, 9.17) is 28.9 Å². The highest BCUT2D eigenvalue weighted by Crippen LogP contribution is 2.28. The molecular formula is C20H27Cl2N3O3. The van der Waals surface area contributed by atoms with Gasteiger partial charge in [-0.05, 0) is 43.9 Å². The fourth-order valence-electron chi connectivity index (χ4n) is 4.23. The first-order valence-corrected chi connectivity index (χ1v) is 10.5. The molecule has 3 rings (SSSR count). The van der Waals surface area contributed by atoms with Crippen molar-refractivity contribution in [3.63, 3.8) is 0 Å². The monoisotopic (exact) mass is 427 g/mol. The Kier molecular flexibility index (Phi) is 6.99. The van der Waals surface area contributed by atoms with Crippen molar-refractivity contribution in [2.75, 3.05) is 19.7 Å². The smallest absolute Gasteiger partial charge is 0.240 e. The summed E-state index contributed by atoms with van der Waals surface area (Å²) in [5, 5.41) is 10.8. The van der Waals surface area contributed by atoms with Crippen LogP contribution in [-0.2, 0) is 16.0 Å². The summed E-state index contributed by atoms with van der Waals surface area (Å²) in [5.41, 5.74) is 6.96. The van der Waals surface area contributed by atoms with E-state index in [0.717, 1.165) is 12.0 Å². The molecule has 0 saturated carbocycles. The van der Waals surface area contributed by atoms with Crippen LogP contribution in [0, 0.1) is 0 Å². The third-order valence-electron chi connectivity index (χ3n) is 5.86. The number of benzene rings is 1. The molecule has 1 aromatic carbocycles. The number of aliphatic hydroxyl groups excluding tert-OH is 1. The predicted octanol–water partition coefficient (Wildman–Crippen LogP) is 1.88. The molecule has 154 valence electrons. The maximum Gasteiger partial charge on any atom is 0.240 e. The number of aryl methyl sites for hydroxylation is 1. The Bertz CT molecular complexity index is 745. The Balaban J connectivity index is 1.69. The number of fused-ring (bicyclic) bond motifs is 1. The number of hydrogen-bond donors (Lipinski definition) is 2. The van der Waals surface area contributed by atoms with E-state index in [9.17, 15) is 14.7 Å².